The van der Waals surface area contributed by atoms with Crippen molar-refractivity contribution >= 4 is 60.4 Å². The zero-order valence-electron chi connectivity index (χ0n) is 28.4. The van der Waals surface area contributed by atoms with Crippen LogP contribution in [0.15, 0.2) is 194 Å². The minimum atomic E-state index is 1.11. The summed E-state index contributed by atoms with van der Waals surface area (Å²) in [5.74, 6) is 0. The second-order valence-electron chi connectivity index (χ2n) is 13.8. The molecule has 10 aromatic rings. The molecular formula is C50H32N2. The highest BCUT2D eigenvalue weighted by atomic mass is 15.1. The summed E-state index contributed by atoms with van der Waals surface area (Å²) in [4.78, 5) is 2.40. The molecule has 2 nitrogen and oxygen atoms in total. The molecule has 0 aliphatic heterocycles. The van der Waals surface area contributed by atoms with Gasteiger partial charge in [0.2, 0.25) is 0 Å². The van der Waals surface area contributed by atoms with E-state index in [0.29, 0.717) is 0 Å². The van der Waals surface area contributed by atoms with E-state index < -0.39 is 0 Å². The number of para-hydroxylation sites is 2. The van der Waals surface area contributed by atoms with E-state index in [9.17, 15) is 0 Å². The van der Waals surface area contributed by atoms with Gasteiger partial charge < -0.3 is 9.47 Å². The summed E-state index contributed by atoms with van der Waals surface area (Å²) < 4.78 is 2.40. The Labute approximate surface area is 302 Å². The summed E-state index contributed by atoms with van der Waals surface area (Å²) in [5.41, 5.74) is 14.7. The fraction of sp³-hybridized carbons (Fsp3) is 0. The molecule has 1 aromatic heterocycles. The monoisotopic (exact) mass is 660 g/mol. The summed E-state index contributed by atoms with van der Waals surface area (Å²) in [5, 5.41) is 7.56. The zero-order valence-corrected chi connectivity index (χ0v) is 28.4. The lowest BCUT2D eigenvalue weighted by molar-refractivity contribution is 1.18. The highest BCUT2D eigenvalue weighted by Gasteiger charge is 2.24. The van der Waals surface area contributed by atoms with Crippen LogP contribution in [-0.4, -0.2) is 4.57 Å². The van der Waals surface area contributed by atoms with Gasteiger partial charge in [0.15, 0.2) is 0 Å². The summed E-state index contributed by atoms with van der Waals surface area (Å²) in [7, 11) is 0. The van der Waals surface area contributed by atoms with E-state index in [4.69, 9.17) is 0 Å². The minimum Gasteiger partial charge on any atom is -0.310 e. The van der Waals surface area contributed by atoms with Crippen LogP contribution in [0.1, 0.15) is 0 Å². The van der Waals surface area contributed by atoms with Crippen molar-refractivity contribution in [3.63, 3.8) is 0 Å². The lowest BCUT2D eigenvalue weighted by Gasteiger charge is -2.28. The average Bonchev–Trinajstić information content (AvgIpc) is 3.54. The van der Waals surface area contributed by atoms with Crippen LogP contribution in [0, 0.1) is 0 Å². The highest BCUT2D eigenvalue weighted by molar-refractivity contribution is 6.13. The molecule has 9 aromatic carbocycles. The number of benzene rings is 9. The zero-order chi connectivity index (χ0) is 34.2. The van der Waals surface area contributed by atoms with Crippen LogP contribution in [0.4, 0.5) is 17.1 Å². The van der Waals surface area contributed by atoms with Crippen LogP contribution in [0.5, 0.6) is 0 Å². The molecule has 0 saturated heterocycles. The molecule has 0 fully saturated rings. The number of rotatable bonds is 5. The third-order valence-corrected chi connectivity index (χ3v) is 10.8. The Morgan fingerprint density at radius 3 is 1.52 bits per heavy atom. The Hall–Kier alpha value is -6.90. The predicted molar refractivity (Wildman–Crippen MR) is 220 cm³/mol. The van der Waals surface area contributed by atoms with Crippen molar-refractivity contribution in [3.05, 3.63) is 194 Å². The molecule has 0 amide bonds. The van der Waals surface area contributed by atoms with Crippen LogP contribution < -0.4 is 4.90 Å². The number of aromatic nitrogens is 1. The fourth-order valence-electron chi connectivity index (χ4n) is 8.33. The fourth-order valence-corrected chi connectivity index (χ4v) is 8.33. The normalized spacial score (nSPS) is 11.8. The Morgan fingerprint density at radius 1 is 0.308 bits per heavy atom. The first-order valence-electron chi connectivity index (χ1n) is 17.9. The molecule has 11 rings (SSSR count). The Balaban J connectivity index is 1.10. The van der Waals surface area contributed by atoms with Gasteiger partial charge in [-0.2, -0.15) is 0 Å². The van der Waals surface area contributed by atoms with Gasteiger partial charge >= 0.3 is 0 Å². The molecule has 1 aliphatic rings. The van der Waals surface area contributed by atoms with E-state index >= 15 is 0 Å². The highest BCUT2D eigenvalue weighted by Crippen LogP contribution is 2.51. The number of nitrogens with zero attached hydrogens (tertiary/aromatic N) is 2. The molecule has 52 heavy (non-hydrogen) atoms. The van der Waals surface area contributed by atoms with Crippen LogP contribution in [-0.2, 0) is 0 Å². The number of hydrogen-bond donors (Lipinski definition) is 0. The smallest absolute Gasteiger partial charge is 0.0561 e. The lowest BCUT2D eigenvalue weighted by Crippen LogP contribution is -2.10. The molecule has 0 saturated carbocycles. The molecule has 0 radical (unpaired) electrons. The SMILES string of the molecule is c1ccc(-c2ccc(N(c3ccc4cc5c(cc4c3)-c3cc4ccccc4cc3-5)c3ccc4c5ccccc5n(-c5ccccc5)c4c3)cc2)cc1. The van der Waals surface area contributed by atoms with E-state index in [1.54, 1.807) is 0 Å². The minimum absolute atomic E-state index is 1.11. The second kappa shape index (κ2) is 11.3. The van der Waals surface area contributed by atoms with E-state index in [2.05, 4.69) is 204 Å². The Morgan fingerprint density at radius 2 is 0.808 bits per heavy atom. The molecule has 0 unspecified atom stereocenters. The maximum Gasteiger partial charge on any atom is 0.0561 e. The van der Waals surface area contributed by atoms with Crippen molar-refractivity contribution in [2.75, 3.05) is 4.90 Å². The van der Waals surface area contributed by atoms with Crippen molar-refractivity contribution in [3.8, 4) is 39.1 Å². The molecule has 1 heterocycles. The van der Waals surface area contributed by atoms with Crippen LogP contribution >= 0.6 is 0 Å². The van der Waals surface area contributed by atoms with Gasteiger partial charge in [-0.1, -0.05) is 115 Å². The molecule has 0 bridgehead atoms. The molecule has 0 atom stereocenters. The molecule has 242 valence electrons. The van der Waals surface area contributed by atoms with Gasteiger partial charge in [0.05, 0.1) is 11.0 Å². The molecular weight excluding hydrogens is 629 g/mol. The third-order valence-electron chi connectivity index (χ3n) is 10.8. The summed E-state index contributed by atoms with van der Waals surface area (Å²) in [6, 6.07) is 71.0. The topological polar surface area (TPSA) is 8.17 Å². The van der Waals surface area contributed by atoms with Crippen LogP contribution in [0.3, 0.4) is 0 Å². The third kappa shape index (κ3) is 4.44. The van der Waals surface area contributed by atoms with Crippen molar-refractivity contribution in [1.82, 2.24) is 4.57 Å². The quantitative estimate of drug-likeness (QED) is 0.178. The molecule has 1 aliphatic carbocycles. The second-order valence-corrected chi connectivity index (χ2v) is 13.8. The molecule has 2 heteroatoms. The van der Waals surface area contributed by atoms with E-state index in [1.807, 2.05) is 0 Å². The van der Waals surface area contributed by atoms with Gasteiger partial charge in [0.1, 0.15) is 0 Å². The van der Waals surface area contributed by atoms with Crippen LogP contribution in [0.2, 0.25) is 0 Å². The maximum atomic E-state index is 2.40. The average molecular weight is 661 g/mol. The van der Waals surface area contributed by atoms with Crippen molar-refractivity contribution in [1.29, 1.82) is 0 Å². The summed E-state index contributed by atoms with van der Waals surface area (Å²) >= 11 is 0. The van der Waals surface area contributed by atoms with Gasteiger partial charge in [0.25, 0.3) is 0 Å². The van der Waals surface area contributed by atoms with Gasteiger partial charge in [-0.25, -0.2) is 0 Å². The van der Waals surface area contributed by atoms with E-state index in [0.717, 1.165) is 22.7 Å². The predicted octanol–water partition coefficient (Wildman–Crippen LogP) is 13.9. The van der Waals surface area contributed by atoms with Gasteiger partial charge in [-0.15, -0.1) is 0 Å². The standard InChI is InChI=1S/C50H32N2/c1-3-11-33(12-4-1)34-19-22-40(23-20-34)51(42-25-26-44-43-17-9-10-18-49(43)52(50(44)32-42)39-15-5-2-6-16-39)41-24-21-37-30-47-45-28-35-13-7-8-14-36(35)29-46(45)48(47)31-38(37)27-41/h1-32H. The lowest BCUT2D eigenvalue weighted by atomic mass is 9.78. The maximum absolute atomic E-state index is 2.40. The van der Waals surface area contributed by atoms with Gasteiger partial charge in [0, 0.05) is 33.5 Å². The Bertz CT molecular complexity index is 2990. The van der Waals surface area contributed by atoms with E-state index in [1.165, 1.54) is 76.7 Å². The molecule has 0 N–H and O–H groups in total. The van der Waals surface area contributed by atoms with Gasteiger partial charge in [-0.05, 0) is 134 Å². The summed E-state index contributed by atoms with van der Waals surface area (Å²) in [6.07, 6.45) is 0. The first-order valence-corrected chi connectivity index (χ1v) is 17.9. The van der Waals surface area contributed by atoms with Crippen molar-refractivity contribution < 1.29 is 0 Å². The van der Waals surface area contributed by atoms with Crippen LogP contribution in [0.25, 0.3) is 82.4 Å². The van der Waals surface area contributed by atoms with Gasteiger partial charge in [-0.3, -0.25) is 0 Å². The Kier molecular flexibility index (Phi) is 6.28. The number of anilines is 3. The van der Waals surface area contributed by atoms with E-state index in [-0.39, 0.29) is 0 Å². The van der Waals surface area contributed by atoms with Crippen molar-refractivity contribution in [2.24, 2.45) is 0 Å². The first kappa shape index (κ1) is 28.9. The largest absolute Gasteiger partial charge is 0.310 e. The number of fused-ring (bicyclic) bond motifs is 9. The summed E-state index contributed by atoms with van der Waals surface area (Å²) in [6.45, 7) is 0. The first-order chi connectivity index (χ1) is 25.8. The van der Waals surface area contributed by atoms with Crippen molar-refractivity contribution in [2.45, 2.75) is 0 Å². The molecule has 0 spiro atoms. The number of hydrogen-bond acceptors (Lipinski definition) is 1.